The first-order valence-corrected chi connectivity index (χ1v) is 9.37. The van der Waals surface area contributed by atoms with Crippen molar-refractivity contribution in [2.75, 3.05) is 13.3 Å². The predicted molar refractivity (Wildman–Crippen MR) is 97.1 cm³/mol. The van der Waals surface area contributed by atoms with E-state index in [0.717, 1.165) is 10.5 Å². The second kappa shape index (κ2) is 8.07. The molecule has 1 amide bonds. The van der Waals surface area contributed by atoms with E-state index in [-0.39, 0.29) is 23.9 Å². The van der Waals surface area contributed by atoms with Crippen molar-refractivity contribution in [3.05, 3.63) is 65.2 Å². The quantitative estimate of drug-likeness (QED) is 0.861. The second-order valence-electron chi connectivity index (χ2n) is 5.84. The van der Waals surface area contributed by atoms with Crippen LogP contribution in [0, 0.1) is 0 Å². The van der Waals surface area contributed by atoms with Gasteiger partial charge in [-0.25, -0.2) is 4.79 Å². The Kier molecular flexibility index (Phi) is 6.09. The molecule has 5 nitrogen and oxygen atoms in total. The average molecular weight is 359 g/mol. The standard InChI is InChI=1S/C19H21NO4S/c1-13(14-8-10-16(11-9-14)25(3)24)20(2)18(21)12-15-6-4-5-7-17(15)19(22)23/h4-11,13H,12H2,1-3H3,(H,22,23). The molecule has 6 heteroatoms. The SMILES string of the molecule is CC(c1ccc(S(C)=O)cc1)N(C)C(=O)Cc1ccccc1C(=O)O. The maximum Gasteiger partial charge on any atom is 0.335 e. The number of benzene rings is 2. The number of rotatable bonds is 6. The summed E-state index contributed by atoms with van der Waals surface area (Å²) in [5.74, 6) is -1.20. The number of carbonyl (C=O) groups is 2. The van der Waals surface area contributed by atoms with Crippen LogP contribution in [-0.4, -0.2) is 39.4 Å². The number of nitrogens with zero attached hydrogens (tertiary/aromatic N) is 1. The number of hydrogen-bond donors (Lipinski definition) is 1. The molecular formula is C19H21NO4S. The molecule has 2 aromatic rings. The summed E-state index contributed by atoms with van der Waals surface area (Å²) < 4.78 is 11.5. The zero-order chi connectivity index (χ0) is 18.6. The van der Waals surface area contributed by atoms with Crippen LogP contribution in [0.4, 0.5) is 0 Å². The van der Waals surface area contributed by atoms with Crippen LogP contribution in [0.1, 0.15) is 34.5 Å². The molecule has 2 rings (SSSR count). The second-order valence-corrected chi connectivity index (χ2v) is 7.22. The monoisotopic (exact) mass is 359 g/mol. The molecule has 2 aromatic carbocycles. The molecule has 0 heterocycles. The van der Waals surface area contributed by atoms with Gasteiger partial charge in [-0.2, -0.15) is 0 Å². The van der Waals surface area contributed by atoms with Crippen molar-refractivity contribution in [1.29, 1.82) is 0 Å². The lowest BCUT2D eigenvalue weighted by molar-refractivity contribution is -0.131. The van der Waals surface area contributed by atoms with E-state index < -0.39 is 16.8 Å². The highest BCUT2D eigenvalue weighted by molar-refractivity contribution is 7.84. The van der Waals surface area contributed by atoms with E-state index in [9.17, 15) is 18.9 Å². The van der Waals surface area contributed by atoms with Gasteiger partial charge in [-0.3, -0.25) is 9.00 Å². The third-order valence-electron chi connectivity index (χ3n) is 4.26. The fourth-order valence-corrected chi connectivity index (χ4v) is 3.07. The summed E-state index contributed by atoms with van der Waals surface area (Å²) in [7, 11) is 0.657. The van der Waals surface area contributed by atoms with Crippen molar-refractivity contribution in [3.63, 3.8) is 0 Å². The van der Waals surface area contributed by atoms with Crippen molar-refractivity contribution in [3.8, 4) is 0 Å². The molecule has 1 N–H and O–H groups in total. The maximum atomic E-state index is 12.6. The lowest BCUT2D eigenvalue weighted by Crippen LogP contribution is -2.31. The van der Waals surface area contributed by atoms with E-state index >= 15 is 0 Å². The maximum absolute atomic E-state index is 12.6. The van der Waals surface area contributed by atoms with Crippen LogP contribution in [-0.2, 0) is 22.0 Å². The number of amides is 1. The Labute approximate surface area is 149 Å². The molecule has 0 aliphatic rings. The van der Waals surface area contributed by atoms with E-state index in [4.69, 9.17) is 0 Å². The van der Waals surface area contributed by atoms with Crippen molar-refractivity contribution in [1.82, 2.24) is 4.90 Å². The van der Waals surface area contributed by atoms with Crippen LogP contribution in [0.2, 0.25) is 0 Å². The van der Waals surface area contributed by atoms with Gasteiger partial charge in [-0.15, -0.1) is 0 Å². The highest BCUT2D eigenvalue weighted by Gasteiger charge is 2.20. The zero-order valence-electron chi connectivity index (χ0n) is 14.4. The number of carboxylic acids is 1. The highest BCUT2D eigenvalue weighted by atomic mass is 32.2. The first kappa shape index (κ1) is 18.9. The third-order valence-corrected chi connectivity index (χ3v) is 5.19. The summed E-state index contributed by atoms with van der Waals surface area (Å²) in [6.07, 6.45) is 1.65. The minimum absolute atomic E-state index is 0.0281. The summed E-state index contributed by atoms with van der Waals surface area (Å²) >= 11 is 0. The number of likely N-dealkylation sites (N-methyl/N-ethyl adjacent to an activating group) is 1. The summed E-state index contributed by atoms with van der Waals surface area (Å²) in [6.45, 7) is 1.90. The number of carboxylic acid groups (broad SMARTS) is 1. The van der Waals surface area contributed by atoms with Gasteiger partial charge in [0.25, 0.3) is 0 Å². The molecule has 0 radical (unpaired) electrons. The summed E-state index contributed by atoms with van der Waals surface area (Å²) in [6, 6.07) is 13.6. The van der Waals surface area contributed by atoms with Gasteiger partial charge < -0.3 is 10.0 Å². The molecule has 0 spiro atoms. The van der Waals surface area contributed by atoms with Crippen molar-refractivity contribution < 1.29 is 18.9 Å². The molecule has 0 fully saturated rings. The van der Waals surface area contributed by atoms with E-state index in [0.29, 0.717) is 5.56 Å². The molecule has 0 aliphatic carbocycles. The molecule has 25 heavy (non-hydrogen) atoms. The molecule has 2 atom stereocenters. The van der Waals surface area contributed by atoms with Crippen LogP contribution >= 0.6 is 0 Å². The van der Waals surface area contributed by atoms with E-state index in [1.54, 1.807) is 48.5 Å². The third kappa shape index (κ3) is 4.54. The molecule has 0 saturated heterocycles. The molecule has 132 valence electrons. The van der Waals surface area contributed by atoms with Crippen LogP contribution < -0.4 is 0 Å². The Morgan fingerprint density at radius 3 is 2.28 bits per heavy atom. The highest BCUT2D eigenvalue weighted by Crippen LogP contribution is 2.21. The Morgan fingerprint density at radius 2 is 1.72 bits per heavy atom. The van der Waals surface area contributed by atoms with Gasteiger partial charge in [0.15, 0.2) is 0 Å². The fourth-order valence-electron chi connectivity index (χ4n) is 2.55. The fraction of sp³-hybridized carbons (Fsp3) is 0.263. The minimum Gasteiger partial charge on any atom is -0.478 e. The lowest BCUT2D eigenvalue weighted by Gasteiger charge is -2.26. The van der Waals surface area contributed by atoms with E-state index in [1.807, 2.05) is 19.1 Å². The number of hydrogen-bond acceptors (Lipinski definition) is 3. The van der Waals surface area contributed by atoms with Crippen LogP contribution in [0.5, 0.6) is 0 Å². The minimum atomic E-state index is -1.04. The molecule has 2 unspecified atom stereocenters. The normalized spacial score (nSPS) is 13.1. The van der Waals surface area contributed by atoms with Gasteiger partial charge in [-0.05, 0) is 36.2 Å². The summed E-state index contributed by atoms with van der Waals surface area (Å²) in [4.78, 5) is 26.2. The van der Waals surface area contributed by atoms with Gasteiger partial charge >= 0.3 is 5.97 Å². The van der Waals surface area contributed by atoms with Crippen LogP contribution in [0.3, 0.4) is 0 Å². The topological polar surface area (TPSA) is 74.7 Å². The lowest BCUT2D eigenvalue weighted by atomic mass is 10.0. The van der Waals surface area contributed by atoms with Gasteiger partial charge in [-0.1, -0.05) is 30.3 Å². The molecule has 0 saturated carbocycles. The van der Waals surface area contributed by atoms with Gasteiger partial charge in [0.05, 0.1) is 18.0 Å². The molecule has 0 aliphatic heterocycles. The molecular weight excluding hydrogens is 338 g/mol. The summed E-state index contributed by atoms with van der Waals surface area (Å²) in [5.41, 5.74) is 1.57. The van der Waals surface area contributed by atoms with Gasteiger partial charge in [0.2, 0.25) is 5.91 Å². The Hall–Kier alpha value is -2.47. The molecule has 0 bridgehead atoms. The Bertz CT molecular complexity index is 801. The van der Waals surface area contributed by atoms with Crippen molar-refractivity contribution in [2.24, 2.45) is 0 Å². The Balaban J connectivity index is 2.14. The largest absolute Gasteiger partial charge is 0.478 e. The van der Waals surface area contributed by atoms with Crippen molar-refractivity contribution in [2.45, 2.75) is 24.3 Å². The Morgan fingerprint density at radius 1 is 1.12 bits per heavy atom. The molecule has 0 aromatic heterocycles. The average Bonchev–Trinajstić information content (AvgIpc) is 2.60. The van der Waals surface area contributed by atoms with Crippen LogP contribution in [0.15, 0.2) is 53.4 Å². The number of aromatic carboxylic acids is 1. The van der Waals surface area contributed by atoms with Crippen LogP contribution in [0.25, 0.3) is 0 Å². The van der Waals surface area contributed by atoms with E-state index in [1.165, 1.54) is 6.07 Å². The zero-order valence-corrected chi connectivity index (χ0v) is 15.2. The first-order chi connectivity index (χ1) is 11.8. The number of carbonyl (C=O) groups excluding carboxylic acids is 1. The predicted octanol–water partition coefficient (Wildman–Crippen LogP) is 2.88. The van der Waals surface area contributed by atoms with Gasteiger partial charge in [0, 0.05) is 29.0 Å². The van der Waals surface area contributed by atoms with Crippen molar-refractivity contribution >= 4 is 22.7 Å². The van der Waals surface area contributed by atoms with E-state index in [2.05, 4.69) is 0 Å². The first-order valence-electron chi connectivity index (χ1n) is 7.81. The smallest absolute Gasteiger partial charge is 0.335 e. The summed E-state index contributed by atoms with van der Waals surface area (Å²) in [5, 5.41) is 9.23. The van der Waals surface area contributed by atoms with Gasteiger partial charge in [0.1, 0.15) is 0 Å².